The molecule has 1 unspecified atom stereocenters. The molecule has 0 bridgehead atoms. The Labute approximate surface area is 106 Å². The molecule has 0 aliphatic carbocycles. The van der Waals surface area contributed by atoms with E-state index < -0.39 is 25.7 Å². The summed E-state index contributed by atoms with van der Waals surface area (Å²) < 4.78 is 12.5. The molecule has 1 atom stereocenters. The average Bonchev–Trinajstić information content (AvgIpc) is 2.09. The Morgan fingerprint density at radius 1 is 1.06 bits per heavy atom. The lowest BCUT2D eigenvalue weighted by Gasteiger charge is -2.34. The van der Waals surface area contributed by atoms with Crippen molar-refractivity contribution in [1.82, 2.24) is 0 Å². The van der Waals surface area contributed by atoms with Gasteiger partial charge in [0, 0.05) is 6.23 Å². The summed E-state index contributed by atoms with van der Waals surface area (Å²) in [5.74, 6) is 0. The molecule has 16 heavy (non-hydrogen) atoms. The van der Waals surface area contributed by atoms with Crippen molar-refractivity contribution in [2.75, 3.05) is 6.23 Å². The van der Waals surface area contributed by atoms with Crippen LogP contribution in [0.15, 0.2) is 0 Å². The SMILES string of the molecule is CCCC[Si](C)(OC[SiH](C)C)O[Si](C)(C)C. The molecule has 0 spiro atoms. The molecule has 5 heteroatoms. The smallest absolute Gasteiger partial charge is 0.324 e. The molecular formula is C11H30O2Si3. The molecule has 98 valence electrons. The van der Waals surface area contributed by atoms with E-state index in [1.165, 1.54) is 12.8 Å². The molecule has 0 aliphatic rings. The normalized spacial score (nSPS) is 16.5. The maximum Gasteiger partial charge on any atom is 0.324 e. The van der Waals surface area contributed by atoms with E-state index >= 15 is 0 Å². The Morgan fingerprint density at radius 3 is 2.00 bits per heavy atom. The van der Waals surface area contributed by atoms with Crippen LogP contribution in [0.5, 0.6) is 0 Å². The molecule has 0 saturated carbocycles. The van der Waals surface area contributed by atoms with Gasteiger partial charge in [-0.2, -0.15) is 0 Å². The first-order valence-corrected chi connectivity index (χ1v) is 15.6. The molecule has 0 aromatic heterocycles. The van der Waals surface area contributed by atoms with Gasteiger partial charge in [-0.3, -0.25) is 0 Å². The van der Waals surface area contributed by atoms with E-state index in [0.717, 1.165) is 12.3 Å². The molecular weight excluding hydrogens is 248 g/mol. The average molecular weight is 279 g/mol. The molecule has 0 aromatic rings. The van der Waals surface area contributed by atoms with Crippen LogP contribution < -0.4 is 0 Å². The Bertz CT molecular complexity index is 192. The van der Waals surface area contributed by atoms with E-state index in [2.05, 4.69) is 46.2 Å². The van der Waals surface area contributed by atoms with Gasteiger partial charge in [0.2, 0.25) is 0 Å². The topological polar surface area (TPSA) is 18.5 Å². The number of hydrogen-bond donors (Lipinski definition) is 0. The van der Waals surface area contributed by atoms with Gasteiger partial charge in [-0.05, 0) is 32.2 Å². The molecule has 0 rings (SSSR count). The molecule has 0 aliphatic heterocycles. The highest BCUT2D eigenvalue weighted by Crippen LogP contribution is 2.22. The van der Waals surface area contributed by atoms with Crippen molar-refractivity contribution in [3.63, 3.8) is 0 Å². The number of unbranched alkanes of at least 4 members (excludes halogenated alkanes) is 1. The zero-order valence-corrected chi connectivity index (χ0v) is 15.4. The van der Waals surface area contributed by atoms with Crippen molar-refractivity contribution >= 4 is 25.7 Å². The summed E-state index contributed by atoms with van der Waals surface area (Å²) in [6, 6.07) is 1.16. The van der Waals surface area contributed by atoms with Gasteiger partial charge in [0.25, 0.3) is 0 Å². The lowest BCUT2D eigenvalue weighted by molar-refractivity contribution is 0.280. The lowest BCUT2D eigenvalue weighted by atomic mass is 10.4. The first-order chi connectivity index (χ1) is 7.18. The van der Waals surface area contributed by atoms with E-state index in [0.29, 0.717) is 0 Å². The van der Waals surface area contributed by atoms with Crippen molar-refractivity contribution in [3.05, 3.63) is 0 Å². The maximum absolute atomic E-state index is 6.36. The van der Waals surface area contributed by atoms with Gasteiger partial charge in [-0.25, -0.2) is 0 Å². The first-order valence-electron chi connectivity index (χ1n) is 6.52. The largest absolute Gasteiger partial charge is 0.436 e. The van der Waals surface area contributed by atoms with Crippen LogP contribution in [0.4, 0.5) is 0 Å². The van der Waals surface area contributed by atoms with Crippen LogP contribution >= 0.6 is 0 Å². The molecule has 0 heterocycles. The highest BCUT2D eigenvalue weighted by atomic mass is 28.4. The fourth-order valence-electron chi connectivity index (χ4n) is 1.64. The Balaban J connectivity index is 4.35. The minimum atomic E-state index is -1.87. The Kier molecular flexibility index (Phi) is 7.36. The number of hydrogen-bond acceptors (Lipinski definition) is 2. The van der Waals surface area contributed by atoms with Crippen LogP contribution in [0, 0.1) is 0 Å². The summed E-state index contributed by atoms with van der Waals surface area (Å²) in [4.78, 5) is 0. The van der Waals surface area contributed by atoms with Crippen LogP contribution in [0.25, 0.3) is 0 Å². The second kappa shape index (κ2) is 7.10. The van der Waals surface area contributed by atoms with E-state index in [4.69, 9.17) is 8.54 Å². The highest BCUT2D eigenvalue weighted by molar-refractivity contribution is 6.82. The van der Waals surface area contributed by atoms with E-state index in [-0.39, 0.29) is 0 Å². The van der Waals surface area contributed by atoms with Crippen molar-refractivity contribution < 1.29 is 8.54 Å². The van der Waals surface area contributed by atoms with Crippen LogP contribution in [-0.2, 0) is 8.54 Å². The third kappa shape index (κ3) is 8.69. The predicted octanol–water partition coefficient (Wildman–Crippen LogP) is 3.75. The Hall–Kier alpha value is 0.571. The van der Waals surface area contributed by atoms with E-state index in [1.54, 1.807) is 0 Å². The minimum Gasteiger partial charge on any atom is -0.436 e. The standard InChI is InChI=1S/C11H30O2Si3/c1-8-9-10-16(7,12-11-14(2)3)13-15(4,5)6/h14H,8-11H2,1-7H3. The lowest BCUT2D eigenvalue weighted by Crippen LogP contribution is -2.48. The van der Waals surface area contributed by atoms with Crippen LogP contribution in [-0.4, -0.2) is 31.9 Å². The van der Waals surface area contributed by atoms with Crippen LogP contribution in [0.3, 0.4) is 0 Å². The monoisotopic (exact) mass is 278 g/mol. The molecule has 0 fully saturated rings. The number of rotatable bonds is 8. The molecule has 0 saturated heterocycles. The zero-order chi connectivity index (χ0) is 12.8. The summed E-state index contributed by atoms with van der Waals surface area (Å²) in [5.41, 5.74) is 0. The zero-order valence-electron chi connectivity index (χ0n) is 12.2. The van der Waals surface area contributed by atoms with Gasteiger partial charge in [0.1, 0.15) is 0 Å². The molecule has 0 N–H and O–H groups in total. The van der Waals surface area contributed by atoms with Gasteiger partial charge in [-0.1, -0.05) is 32.9 Å². The summed E-state index contributed by atoms with van der Waals surface area (Å²) in [7, 11) is -3.96. The van der Waals surface area contributed by atoms with Crippen LogP contribution in [0.2, 0.25) is 45.3 Å². The third-order valence-electron chi connectivity index (χ3n) is 2.23. The summed E-state index contributed by atoms with van der Waals surface area (Å²) in [6.45, 7) is 16.0. The second-order valence-electron chi connectivity index (χ2n) is 6.16. The highest BCUT2D eigenvalue weighted by Gasteiger charge is 2.36. The second-order valence-corrected chi connectivity index (χ2v) is 17.4. The molecule has 0 aromatic carbocycles. The summed E-state index contributed by atoms with van der Waals surface area (Å²) in [6.07, 6.45) is 3.46. The fourth-order valence-corrected chi connectivity index (χ4v) is 11.4. The van der Waals surface area contributed by atoms with Gasteiger partial charge in [0.15, 0.2) is 8.32 Å². The van der Waals surface area contributed by atoms with E-state index in [1.807, 2.05) is 0 Å². The maximum atomic E-state index is 6.36. The van der Waals surface area contributed by atoms with Crippen molar-refractivity contribution in [3.8, 4) is 0 Å². The van der Waals surface area contributed by atoms with Gasteiger partial charge in [-0.15, -0.1) is 0 Å². The quantitative estimate of drug-likeness (QED) is 0.630. The van der Waals surface area contributed by atoms with Gasteiger partial charge >= 0.3 is 8.56 Å². The fraction of sp³-hybridized carbons (Fsp3) is 1.00. The summed E-state index contributed by atoms with van der Waals surface area (Å²) in [5, 5.41) is 0. The third-order valence-corrected chi connectivity index (χ3v) is 9.61. The minimum absolute atomic E-state index is 0.624. The molecule has 2 nitrogen and oxygen atoms in total. The molecule has 0 radical (unpaired) electrons. The van der Waals surface area contributed by atoms with Crippen LogP contribution in [0.1, 0.15) is 19.8 Å². The van der Waals surface area contributed by atoms with Gasteiger partial charge < -0.3 is 8.54 Å². The first kappa shape index (κ1) is 16.6. The van der Waals surface area contributed by atoms with Crippen molar-refractivity contribution in [1.29, 1.82) is 0 Å². The van der Waals surface area contributed by atoms with E-state index in [9.17, 15) is 0 Å². The van der Waals surface area contributed by atoms with Crippen molar-refractivity contribution in [2.24, 2.45) is 0 Å². The molecule has 0 amide bonds. The van der Waals surface area contributed by atoms with Gasteiger partial charge in [0.05, 0.1) is 8.80 Å². The summed E-state index contributed by atoms with van der Waals surface area (Å²) >= 11 is 0. The predicted molar refractivity (Wildman–Crippen MR) is 80.6 cm³/mol. The Morgan fingerprint density at radius 2 is 1.62 bits per heavy atom. The van der Waals surface area contributed by atoms with Crippen molar-refractivity contribution in [2.45, 2.75) is 65.1 Å².